The quantitative estimate of drug-likeness (QED) is 0.0970. The minimum atomic E-state index is -0.814. The summed E-state index contributed by atoms with van der Waals surface area (Å²) in [6.07, 6.45) is 8.91. The van der Waals surface area contributed by atoms with Crippen LogP contribution in [0.15, 0.2) is 48.7 Å². The first kappa shape index (κ1) is 30.6. The maximum atomic E-state index is 14.7. The summed E-state index contributed by atoms with van der Waals surface area (Å²) in [7, 11) is 0. The number of Topliss-reactive ketones (excluding diaryl/α,β-unsaturated/α-hetero) is 1. The van der Waals surface area contributed by atoms with Crippen molar-refractivity contribution >= 4 is 35.1 Å². The van der Waals surface area contributed by atoms with Crippen LogP contribution in [0.1, 0.15) is 65.6 Å². The van der Waals surface area contributed by atoms with E-state index in [1.54, 1.807) is 35.4 Å². The summed E-state index contributed by atoms with van der Waals surface area (Å²) in [5.74, 6) is -2.13. The molecule has 0 unspecified atom stereocenters. The second-order valence-corrected chi connectivity index (χ2v) is 12.0. The van der Waals surface area contributed by atoms with E-state index in [1.165, 1.54) is 18.3 Å². The third-order valence-electron chi connectivity index (χ3n) is 8.44. The van der Waals surface area contributed by atoms with E-state index in [4.69, 9.17) is 16.1 Å². The number of hydrogen-bond acceptors (Lipinski definition) is 8. The summed E-state index contributed by atoms with van der Waals surface area (Å²) in [6, 6.07) is 12.0. The van der Waals surface area contributed by atoms with Crippen LogP contribution in [0.4, 0.5) is 4.39 Å². The molecule has 0 radical (unpaired) electrons. The highest BCUT2D eigenvalue weighted by Crippen LogP contribution is 2.52. The van der Waals surface area contributed by atoms with Crippen molar-refractivity contribution < 1.29 is 18.8 Å². The number of benzene rings is 2. The fraction of sp³-hybridized carbons (Fsp3) is 0.394. The van der Waals surface area contributed by atoms with Crippen LogP contribution in [-0.2, 0) is 21.5 Å². The van der Waals surface area contributed by atoms with Crippen LogP contribution in [0.3, 0.4) is 0 Å². The molecule has 1 saturated heterocycles. The summed E-state index contributed by atoms with van der Waals surface area (Å²) in [5, 5.41) is 33.7. The molecule has 0 spiro atoms. The lowest BCUT2D eigenvalue weighted by molar-refractivity contribution is -0.139. The summed E-state index contributed by atoms with van der Waals surface area (Å²) in [6.45, 7) is 1.38. The van der Waals surface area contributed by atoms with Gasteiger partial charge in [-0.2, -0.15) is 5.26 Å². The summed E-state index contributed by atoms with van der Waals surface area (Å²) in [4.78, 5) is 39.4. The number of nitrogens with zero attached hydrogens (tertiary/aromatic N) is 2. The lowest BCUT2D eigenvalue weighted by atomic mass is 9.86. The van der Waals surface area contributed by atoms with Gasteiger partial charge in [0, 0.05) is 79.2 Å². The third-order valence-corrected chi connectivity index (χ3v) is 8.44. The molecule has 2 aromatic carbocycles. The Hall–Kier alpha value is -4.85. The monoisotopic (exact) mass is 597 g/mol. The van der Waals surface area contributed by atoms with E-state index in [-0.39, 0.29) is 30.4 Å². The zero-order chi connectivity index (χ0) is 31.3. The number of allylic oxidation sites excluding steroid dienone is 1. The maximum Gasteiger partial charge on any atom is 0.309 e. The van der Waals surface area contributed by atoms with Crippen molar-refractivity contribution in [2.45, 2.75) is 56.5 Å². The molecule has 2 saturated carbocycles. The third kappa shape index (κ3) is 7.56. The van der Waals surface area contributed by atoms with Crippen LogP contribution in [0.2, 0.25) is 0 Å². The molecule has 0 aromatic heterocycles. The summed E-state index contributed by atoms with van der Waals surface area (Å²) in [5.41, 5.74) is 2.69. The Morgan fingerprint density at radius 2 is 1.82 bits per heavy atom. The lowest BCUT2D eigenvalue weighted by Crippen LogP contribution is -2.50. The minimum absolute atomic E-state index is 0.0262. The predicted molar refractivity (Wildman–Crippen MR) is 163 cm³/mol. The number of likely N-dealkylation sites (tertiary alicyclic amines) is 1. The van der Waals surface area contributed by atoms with Gasteiger partial charge in [0.05, 0.1) is 0 Å². The van der Waals surface area contributed by atoms with E-state index in [1.807, 2.05) is 12.3 Å². The largest absolute Gasteiger partial charge is 0.388 e. The van der Waals surface area contributed by atoms with Gasteiger partial charge in [-0.3, -0.25) is 14.4 Å². The molecule has 3 aliphatic rings. The number of amides is 2. The molecule has 44 heavy (non-hydrogen) atoms. The molecule has 11 heteroatoms. The first-order chi connectivity index (χ1) is 21.2. The number of carbonyl (C=O) groups is 3. The van der Waals surface area contributed by atoms with E-state index < -0.39 is 23.0 Å². The Labute approximate surface area is 255 Å². The molecule has 1 aliphatic heterocycles. The van der Waals surface area contributed by atoms with Gasteiger partial charge in [0.1, 0.15) is 5.82 Å². The summed E-state index contributed by atoms with van der Waals surface area (Å²) < 4.78 is 14.7. The Kier molecular flexibility index (Phi) is 9.18. The van der Waals surface area contributed by atoms with E-state index >= 15 is 0 Å². The first-order valence-electron chi connectivity index (χ1n) is 14.9. The first-order valence-corrected chi connectivity index (χ1v) is 14.9. The number of halogens is 1. The van der Waals surface area contributed by atoms with Crippen molar-refractivity contribution in [1.29, 1.82) is 16.1 Å². The topological polar surface area (TPSA) is 162 Å². The Morgan fingerprint density at radius 1 is 1.09 bits per heavy atom. The van der Waals surface area contributed by atoms with E-state index in [0.29, 0.717) is 54.4 Å². The van der Waals surface area contributed by atoms with Crippen LogP contribution >= 0.6 is 0 Å². The van der Waals surface area contributed by atoms with Crippen LogP contribution in [0, 0.1) is 34.0 Å². The van der Waals surface area contributed by atoms with Gasteiger partial charge in [0.25, 0.3) is 0 Å². The number of rotatable bonds is 14. The zero-order valence-electron chi connectivity index (χ0n) is 24.4. The average Bonchev–Trinajstić information content (AvgIpc) is 3.92. The molecule has 10 nitrogen and oxygen atoms in total. The van der Waals surface area contributed by atoms with E-state index in [9.17, 15) is 18.8 Å². The van der Waals surface area contributed by atoms with Crippen molar-refractivity contribution in [3.05, 3.63) is 76.7 Å². The van der Waals surface area contributed by atoms with Crippen molar-refractivity contribution in [3.8, 4) is 6.19 Å². The molecule has 2 aromatic rings. The van der Waals surface area contributed by atoms with Crippen LogP contribution < -0.4 is 16.0 Å². The van der Waals surface area contributed by atoms with Crippen molar-refractivity contribution in [1.82, 2.24) is 20.9 Å². The molecule has 5 rings (SSSR count). The van der Waals surface area contributed by atoms with E-state index in [0.717, 1.165) is 31.2 Å². The van der Waals surface area contributed by atoms with E-state index in [2.05, 4.69) is 16.0 Å². The summed E-state index contributed by atoms with van der Waals surface area (Å²) >= 11 is 0. The molecule has 0 atom stereocenters. The Morgan fingerprint density at radius 3 is 2.50 bits per heavy atom. The predicted octanol–water partition coefficient (Wildman–Crippen LogP) is 3.43. The highest BCUT2D eigenvalue weighted by Gasteiger charge is 2.45. The van der Waals surface area contributed by atoms with Crippen LogP contribution in [-0.4, -0.2) is 60.1 Å². The molecular weight excluding hydrogens is 561 g/mol. The maximum absolute atomic E-state index is 14.7. The van der Waals surface area contributed by atoms with Gasteiger partial charge in [0.2, 0.25) is 0 Å². The molecule has 0 bridgehead atoms. The lowest BCUT2D eigenvalue weighted by Gasteiger charge is -2.34. The standard InChI is InChI=1S/C33H36FN7O3/c34-26-10-23(24(14-35)17-38-28-5-6-28)9-25(11-26)33(7-8-33)13-27(37)12-30(42)29-4-2-1-3-22(29)16-40-32(44)31(43)39-15-21-18-41(19-21)20-36/h1-4,9-11,14,17,21,28,35,37-38H,5-8,12-13,15-16,18-19H2,(H,39,43)(H,40,44)/b24-17+,35-14?,37-27?. The SMILES string of the molecule is N#CN1CC(CNC(=O)C(=O)NCc2ccccc2C(=O)CC(=N)CC2(c3cc(F)cc(/C(C=N)=C/NC4CC4)c3)CC2)C1. The second kappa shape index (κ2) is 13.2. The molecule has 228 valence electrons. The molecule has 1 heterocycles. The number of nitrogens with one attached hydrogen (secondary N) is 5. The zero-order valence-corrected chi connectivity index (χ0v) is 24.4. The molecule has 2 amide bonds. The number of carbonyl (C=O) groups excluding carboxylic acids is 3. The normalized spacial score (nSPS) is 17.1. The fourth-order valence-corrected chi connectivity index (χ4v) is 5.51. The van der Waals surface area contributed by atoms with Crippen LogP contribution in [0.5, 0.6) is 0 Å². The van der Waals surface area contributed by atoms with Gasteiger partial charge >= 0.3 is 11.8 Å². The number of nitriles is 1. The van der Waals surface area contributed by atoms with Gasteiger partial charge < -0.3 is 31.7 Å². The second-order valence-electron chi connectivity index (χ2n) is 12.0. The molecular formula is C33H36FN7O3. The molecule has 3 fully saturated rings. The van der Waals surface area contributed by atoms with Crippen molar-refractivity contribution in [3.63, 3.8) is 0 Å². The van der Waals surface area contributed by atoms with Gasteiger partial charge in [-0.15, -0.1) is 0 Å². The molecule has 5 N–H and O–H groups in total. The number of hydrogen-bond donors (Lipinski definition) is 5. The van der Waals surface area contributed by atoms with Crippen molar-refractivity contribution in [2.75, 3.05) is 19.6 Å². The smallest absolute Gasteiger partial charge is 0.309 e. The Balaban J connectivity index is 1.16. The van der Waals surface area contributed by atoms with Gasteiger partial charge in [-0.25, -0.2) is 4.39 Å². The minimum Gasteiger partial charge on any atom is -0.388 e. The molecule has 2 aliphatic carbocycles. The van der Waals surface area contributed by atoms with Gasteiger partial charge in [-0.1, -0.05) is 30.3 Å². The van der Waals surface area contributed by atoms with Gasteiger partial charge in [0.15, 0.2) is 12.0 Å². The Bertz CT molecular complexity index is 1550. The average molecular weight is 598 g/mol. The van der Waals surface area contributed by atoms with Crippen molar-refractivity contribution in [2.24, 2.45) is 5.92 Å². The number of ketones is 1. The van der Waals surface area contributed by atoms with Crippen LogP contribution in [0.25, 0.3) is 5.57 Å². The van der Waals surface area contributed by atoms with Gasteiger partial charge in [-0.05, 0) is 60.9 Å². The fourth-order valence-electron chi connectivity index (χ4n) is 5.51. The highest BCUT2D eigenvalue weighted by atomic mass is 19.1. The highest BCUT2D eigenvalue weighted by molar-refractivity contribution is 6.35.